The molecule has 0 fully saturated rings. The summed E-state index contributed by atoms with van der Waals surface area (Å²) in [6.07, 6.45) is 4.18. The van der Waals surface area contributed by atoms with E-state index in [1.54, 1.807) is 25.4 Å². The van der Waals surface area contributed by atoms with Gasteiger partial charge in [0.05, 0.1) is 16.7 Å². The third-order valence-corrected chi connectivity index (χ3v) is 4.08. The summed E-state index contributed by atoms with van der Waals surface area (Å²) < 4.78 is 0. The van der Waals surface area contributed by atoms with Crippen LogP contribution in [0, 0.1) is 5.92 Å². The highest BCUT2D eigenvalue weighted by Crippen LogP contribution is 2.22. The van der Waals surface area contributed by atoms with Crippen molar-refractivity contribution in [3.05, 3.63) is 48.2 Å². The molecule has 0 bridgehead atoms. The summed E-state index contributed by atoms with van der Waals surface area (Å²) in [4.78, 5) is 28.0. The number of hydrogen-bond acceptors (Lipinski definition) is 4. The molecule has 5 heteroatoms. The van der Waals surface area contributed by atoms with Gasteiger partial charge in [-0.3, -0.25) is 14.6 Å². The average molecular weight is 288 g/mol. The molecule has 1 unspecified atom stereocenters. The van der Waals surface area contributed by atoms with Crippen molar-refractivity contribution < 1.29 is 9.59 Å². The Balaban J connectivity index is 1.98. The van der Waals surface area contributed by atoms with E-state index in [1.807, 2.05) is 24.3 Å². The first-order valence-electron chi connectivity index (χ1n) is 6.37. The normalized spacial score (nSPS) is 17.4. The molecule has 0 aliphatic carbocycles. The van der Waals surface area contributed by atoms with Gasteiger partial charge in [0, 0.05) is 18.8 Å². The van der Waals surface area contributed by atoms with Gasteiger partial charge in [-0.05, 0) is 6.42 Å². The Hall–Kier alpha value is -1.88. The first-order valence-corrected chi connectivity index (χ1v) is 7.36. The fourth-order valence-corrected chi connectivity index (χ4v) is 2.88. The molecule has 4 nitrogen and oxygen atoms in total. The molecule has 1 aromatic rings. The lowest BCUT2D eigenvalue weighted by atomic mass is 10.0. The average Bonchev–Trinajstić information content (AvgIpc) is 2.53. The second-order valence-electron chi connectivity index (χ2n) is 4.33. The minimum atomic E-state index is -0.279. The molecule has 0 radical (unpaired) electrons. The van der Waals surface area contributed by atoms with Gasteiger partial charge in [0.25, 0.3) is 0 Å². The summed E-state index contributed by atoms with van der Waals surface area (Å²) in [5.41, 5.74) is 0.684. The maximum Gasteiger partial charge on any atom is 0.229 e. The molecule has 1 N–H and O–H groups in total. The van der Waals surface area contributed by atoms with Gasteiger partial charge in [-0.1, -0.05) is 36.4 Å². The van der Waals surface area contributed by atoms with Crippen LogP contribution in [0.25, 0.3) is 0 Å². The van der Waals surface area contributed by atoms with Gasteiger partial charge in [-0.15, -0.1) is 11.8 Å². The topological polar surface area (TPSA) is 58.5 Å². The van der Waals surface area contributed by atoms with Crippen molar-refractivity contribution in [2.24, 2.45) is 10.9 Å². The number of aliphatic imine (C=N–C) groups is 1. The van der Waals surface area contributed by atoms with Crippen LogP contribution in [0.2, 0.25) is 0 Å². The number of carbonyl (C=O) groups is 2. The van der Waals surface area contributed by atoms with Crippen LogP contribution in [0.5, 0.6) is 0 Å². The molecule has 1 aliphatic heterocycles. The van der Waals surface area contributed by atoms with Gasteiger partial charge in [0.2, 0.25) is 5.91 Å². The molecule has 0 saturated heterocycles. The lowest BCUT2D eigenvalue weighted by Crippen LogP contribution is -2.32. The van der Waals surface area contributed by atoms with Crippen LogP contribution in [0.15, 0.2) is 47.6 Å². The first-order chi connectivity index (χ1) is 9.72. The number of ketones is 1. The summed E-state index contributed by atoms with van der Waals surface area (Å²) in [6.45, 7) is 0. The van der Waals surface area contributed by atoms with Crippen LogP contribution in [0.4, 0.5) is 0 Å². The highest BCUT2D eigenvalue weighted by molar-refractivity contribution is 8.14. The van der Waals surface area contributed by atoms with E-state index < -0.39 is 0 Å². The van der Waals surface area contributed by atoms with E-state index in [4.69, 9.17) is 0 Å². The Labute approximate surface area is 122 Å². The molecule has 1 atom stereocenters. The van der Waals surface area contributed by atoms with Crippen LogP contribution in [-0.4, -0.2) is 29.5 Å². The maximum absolute atomic E-state index is 12.0. The Bertz CT molecular complexity index is 552. The number of allylic oxidation sites excluding steroid dienone is 1. The molecular formula is C15H16N2O2S. The fourth-order valence-electron chi connectivity index (χ4n) is 1.89. The number of amides is 1. The number of benzene rings is 1. The van der Waals surface area contributed by atoms with Crippen LogP contribution in [0.1, 0.15) is 16.8 Å². The van der Waals surface area contributed by atoms with Gasteiger partial charge in [0.1, 0.15) is 0 Å². The Kier molecular flexibility index (Phi) is 5.12. The molecule has 1 heterocycles. The van der Waals surface area contributed by atoms with E-state index in [0.717, 1.165) is 0 Å². The Morgan fingerprint density at radius 1 is 1.35 bits per heavy atom. The van der Waals surface area contributed by atoms with Gasteiger partial charge in [-0.2, -0.15) is 0 Å². The van der Waals surface area contributed by atoms with Crippen LogP contribution < -0.4 is 5.32 Å². The number of rotatable bonds is 4. The first kappa shape index (κ1) is 14.5. The van der Waals surface area contributed by atoms with E-state index in [0.29, 0.717) is 22.8 Å². The Morgan fingerprint density at radius 2 is 2.10 bits per heavy atom. The van der Waals surface area contributed by atoms with Gasteiger partial charge in [0.15, 0.2) is 5.78 Å². The van der Waals surface area contributed by atoms with Crippen molar-refractivity contribution in [1.29, 1.82) is 0 Å². The summed E-state index contributed by atoms with van der Waals surface area (Å²) in [7, 11) is 1.61. The predicted octanol–water partition coefficient (Wildman–Crippen LogP) is 2.28. The number of nitrogens with zero attached hydrogens (tertiary/aromatic N) is 1. The minimum Gasteiger partial charge on any atom is -0.359 e. The zero-order chi connectivity index (χ0) is 14.4. The van der Waals surface area contributed by atoms with E-state index in [1.165, 1.54) is 11.8 Å². The van der Waals surface area contributed by atoms with Gasteiger partial charge >= 0.3 is 0 Å². The molecule has 104 valence electrons. The number of Topliss-reactive ketones (excluding diaryl/α,β-unsaturated/α-hetero) is 1. The molecule has 1 aliphatic rings. The molecule has 20 heavy (non-hydrogen) atoms. The third kappa shape index (κ3) is 3.57. The van der Waals surface area contributed by atoms with Crippen LogP contribution in [-0.2, 0) is 4.79 Å². The largest absolute Gasteiger partial charge is 0.359 e. The SMILES string of the molecule is CNC(=O)C1CC=CN=C1SCC(=O)c1ccccc1. The maximum atomic E-state index is 12.0. The van der Waals surface area contributed by atoms with Gasteiger partial charge < -0.3 is 5.32 Å². The highest BCUT2D eigenvalue weighted by atomic mass is 32.2. The van der Waals surface area contributed by atoms with Crippen LogP contribution in [0.3, 0.4) is 0 Å². The van der Waals surface area contributed by atoms with Crippen molar-refractivity contribution in [2.45, 2.75) is 6.42 Å². The molecule has 0 spiro atoms. The number of thioether (sulfide) groups is 1. The summed E-state index contributed by atoms with van der Waals surface area (Å²) in [5, 5.41) is 3.34. The minimum absolute atomic E-state index is 0.0449. The zero-order valence-electron chi connectivity index (χ0n) is 11.2. The summed E-state index contributed by atoms with van der Waals surface area (Å²) >= 11 is 1.34. The van der Waals surface area contributed by atoms with Crippen molar-refractivity contribution in [3.8, 4) is 0 Å². The van der Waals surface area contributed by atoms with Crippen LogP contribution >= 0.6 is 11.8 Å². The van der Waals surface area contributed by atoms with Crippen molar-refractivity contribution >= 4 is 28.5 Å². The Morgan fingerprint density at radius 3 is 2.80 bits per heavy atom. The predicted molar refractivity (Wildman–Crippen MR) is 82.0 cm³/mol. The van der Waals surface area contributed by atoms with E-state index >= 15 is 0 Å². The molecule has 1 amide bonds. The number of nitrogens with one attached hydrogen (secondary N) is 1. The zero-order valence-corrected chi connectivity index (χ0v) is 12.0. The standard InChI is InChI=1S/C15H16N2O2S/c1-16-14(19)12-8-5-9-17-15(12)20-10-13(18)11-6-3-2-4-7-11/h2-7,9,12H,8,10H2,1H3,(H,16,19). The number of carbonyl (C=O) groups excluding carboxylic acids is 2. The van der Waals surface area contributed by atoms with E-state index in [2.05, 4.69) is 10.3 Å². The fraction of sp³-hybridized carbons (Fsp3) is 0.267. The van der Waals surface area contributed by atoms with Crippen molar-refractivity contribution in [3.63, 3.8) is 0 Å². The van der Waals surface area contributed by atoms with E-state index in [9.17, 15) is 9.59 Å². The lowest BCUT2D eigenvalue weighted by Gasteiger charge is -2.17. The molecule has 2 rings (SSSR count). The monoisotopic (exact) mass is 288 g/mol. The molecule has 0 saturated carbocycles. The second-order valence-corrected chi connectivity index (χ2v) is 5.33. The van der Waals surface area contributed by atoms with Gasteiger partial charge in [-0.25, -0.2) is 0 Å². The number of hydrogen-bond donors (Lipinski definition) is 1. The molecule has 1 aromatic carbocycles. The highest BCUT2D eigenvalue weighted by Gasteiger charge is 2.25. The smallest absolute Gasteiger partial charge is 0.229 e. The summed E-state index contributed by atoms with van der Waals surface area (Å²) in [5.74, 6) is -0.000627. The summed E-state index contributed by atoms with van der Waals surface area (Å²) in [6, 6.07) is 9.14. The third-order valence-electron chi connectivity index (χ3n) is 2.99. The van der Waals surface area contributed by atoms with Crippen molar-refractivity contribution in [1.82, 2.24) is 5.32 Å². The molecule has 0 aromatic heterocycles. The van der Waals surface area contributed by atoms with E-state index in [-0.39, 0.29) is 17.6 Å². The second kappa shape index (κ2) is 7.05. The lowest BCUT2D eigenvalue weighted by molar-refractivity contribution is -0.122. The quantitative estimate of drug-likeness (QED) is 0.865. The molecular weight excluding hydrogens is 272 g/mol. The van der Waals surface area contributed by atoms with Crippen molar-refractivity contribution in [2.75, 3.05) is 12.8 Å².